The summed E-state index contributed by atoms with van der Waals surface area (Å²) in [6, 6.07) is 5.13. The normalized spacial score (nSPS) is 11.9. The SMILES string of the molecule is CC(C)N(Cc1ccc(F)c(C#N)c1)CC(F)(F)F. The monoisotopic (exact) mass is 274 g/mol. The molecule has 2 nitrogen and oxygen atoms in total. The molecule has 0 bridgehead atoms. The van der Waals surface area contributed by atoms with Gasteiger partial charge in [-0.1, -0.05) is 6.07 Å². The highest BCUT2D eigenvalue weighted by molar-refractivity contribution is 5.34. The van der Waals surface area contributed by atoms with E-state index in [4.69, 9.17) is 5.26 Å². The zero-order valence-electron chi connectivity index (χ0n) is 10.6. The summed E-state index contributed by atoms with van der Waals surface area (Å²) in [5, 5.41) is 8.69. The third kappa shape index (κ3) is 4.87. The van der Waals surface area contributed by atoms with E-state index in [2.05, 4.69) is 0 Å². The fourth-order valence-electron chi connectivity index (χ4n) is 1.64. The van der Waals surface area contributed by atoms with Crippen LogP contribution in [0.1, 0.15) is 25.0 Å². The second kappa shape index (κ2) is 6.02. The molecular formula is C13H14F4N2. The maximum absolute atomic E-state index is 13.1. The van der Waals surface area contributed by atoms with Crippen molar-refractivity contribution < 1.29 is 17.6 Å². The summed E-state index contributed by atoms with van der Waals surface area (Å²) < 4.78 is 50.4. The van der Waals surface area contributed by atoms with Crippen LogP contribution in [0.2, 0.25) is 0 Å². The van der Waals surface area contributed by atoms with Crippen molar-refractivity contribution in [3.63, 3.8) is 0 Å². The number of rotatable bonds is 4. The average molecular weight is 274 g/mol. The Kier molecular flexibility index (Phi) is 4.90. The van der Waals surface area contributed by atoms with Gasteiger partial charge in [0.25, 0.3) is 0 Å². The van der Waals surface area contributed by atoms with Crippen LogP contribution < -0.4 is 0 Å². The summed E-state index contributed by atoms with van der Waals surface area (Å²) in [7, 11) is 0. The van der Waals surface area contributed by atoms with Gasteiger partial charge in [-0.15, -0.1) is 0 Å². The van der Waals surface area contributed by atoms with Crippen LogP contribution in [0.5, 0.6) is 0 Å². The summed E-state index contributed by atoms with van der Waals surface area (Å²) in [4.78, 5) is 1.22. The predicted molar refractivity (Wildman–Crippen MR) is 62.7 cm³/mol. The number of alkyl halides is 3. The van der Waals surface area contributed by atoms with Crippen LogP contribution in [0, 0.1) is 17.1 Å². The lowest BCUT2D eigenvalue weighted by molar-refractivity contribution is -0.150. The van der Waals surface area contributed by atoms with E-state index in [1.807, 2.05) is 0 Å². The summed E-state index contributed by atoms with van der Waals surface area (Å²) in [5.41, 5.74) is 0.323. The van der Waals surface area contributed by atoms with Crippen LogP contribution >= 0.6 is 0 Å². The van der Waals surface area contributed by atoms with Gasteiger partial charge in [0.05, 0.1) is 12.1 Å². The second-order valence-corrected chi connectivity index (χ2v) is 4.54. The number of benzene rings is 1. The van der Waals surface area contributed by atoms with Crippen LogP contribution in [-0.4, -0.2) is 23.7 Å². The molecule has 0 aromatic heterocycles. The fraction of sp³-hybridized carbons (Fsp3) is 0.462. The van der Waals surface area contributed by atoms with Gasteiger partial charge in [0, 0.05) is 12.6 Å². The van der Waals surface area contributed by atoms with E-state index in [9.17, 15) is 17.6 Å². The first-order valence-electron chi connectivity index (χ1n) is 5.72. The number of nitrogens with zero attached hydrogens (tertiary/aromatic N) is 2. The van der Waals surface area contributed by atoms with Crippen LogP contribution in [-0.2, 0) is 6.54 Å². The minimum atomic E-state index is -4.29. The molecular weight excluding hydrogens is 260 g/mol. The van der Waals surface area contributed by atoms with E-state index in [1.54, 1.807) is 19.9 Å². The summed E-state index contributed by atoms with van der Waals surface area (Å²) >= 11 is 0. The summed E-state index contributed by atoms with van der Waals surface area (Å²) in [5.74, 6) is -0.668. The van der Waals surface area contributed by atoms with Gasteiger partial charge >= 0.3 is 6.18 Å². The maximum atomic E-state index is 13.1. The smallest absolute Gasteiger partial charge is 0.288 e. The lowest BCUT2D eigenvalue weighted by Crippen LogP contribution is -2.38. The van der Waals surface area contributed by atoms with Gasteiger partial charge in [0.1, 0.15) is 11.9 Å². The van der Waals surface area contributed by atoms with Crippen molar-refractivity contribution in [2.24, 2.45) is 0 Å². The Morgan fingerprint density at radius 3 is 2.42 bits per heavy atom. The molecule has 0 heterocycles. The number of halogens is 4. The highest BCUT2D eigenvalue weighted by atomic mass is 19.4. The van der Waals surface area contributed by atoms with Gasteiger partial charge in [-0.3, -0.25) is 4.90 Å². The molecule has 0 saturated heterocycles. The van der Waals surface area contributed by atoms with Crippen molar-refractivity contribution >= 4 is 0 Å². The van der Waals surface area contributed by atoms with Crippen LogP contribution in [0.15, 0.2) is 18.2 Å². The predicted octanol–water partition coefficient (Wildman–Crippen LogP) is 3.47. The molecule has 0 amide bonds. The summed E-state index contributed by atoms with van der Waals surface area (Å²) in [6.45, 7) is 2.29. The quantitative estimate of drug-likeness (QED) is 0.786. The van der Waals surface area contributed by atoms with E-state index in [0.29, 0.717) is 5.56 Å². The third-order valence-corrected chi connectivity index (χ3v) is 2.65. The molecule has 1 aromatic rings. The van der Waals surface area contributed by atoms with Crippen LogP contribution in [0.3, 0.4) is 0 Å². The van der Waals surface area contributed by atoms with Gasteiger partial charge in [-0.25, -0.2) is 4.39 Å². The van der Waals surface area contributed by atoms with Crippen molar-refractivity contribution in [1.29, 1.82) is 5.26 Å². The Morgan fingerprint density at radius 2 is 1.95 bits per heavy atom. The Bertz CT molecular complexity index is 475. The molecule has 0 spiro atoms. The minimum absolute atomic E-state index is 0.0200. The van der Waals surface area contributed by atoms with Crippen molar-refractivity contribution in [2.75, 3.05) is 6.54 Å². The van der Waals surface area contributed by atoms with Crippen molar-refractivity contribution in [3.8, 4) is 6.07 Å². The van der Waals surface area contributed by atoms with Gasteiger partial charge in [0.2, 0.25) is 0 Å². The zero-order chi connectivity index (χ0) is 14.6. The van der Waals surface area contributed by atoms with E-state index < -0.39 is 18.5 Å². The molecule has 0 aliphatic heterocycles. The van der Waals surface area contributed by atoms with Crippen molar-refractivity contribution in [2.45, 2.75) is 32.6 Å². The van der Waals surface area contributed by atoms with Gasteiger partial charge < -0.3 is 0 Å². The highest BCUT2D eigenvalue weighted by Crippen LogP contribution is 2.20. The summed E-state index contributed by atoms with van der Waals surface area (Å²) in [6.07, 6.45) is -4.29. The minimum Gasteiger partial charge on any atom is -0.288 e. The Hall–Kier alpha value is -1.61. The van der Waals surface area contributed by atoms with Gasteiger partial charge in [-0.2, -0.15) is 18.4 Å². The molecule has 1 rings (SSSR count). The Labute approximate surface area is 109 Å². The molecule has 0 saturated carbocycles. The molecule has 19 heavy (non-hydrogen) atoms. The lowest BCUT2D eigenvalue weighted by atomic mass is 10.1. The largest absolute Gasteiger partial charge is 0.401 e. The fourth-order valence-corrected chi connectivity index (χ4v) is 1.64. The Morgan fingerprint density at radius 1 is 1.32 bits per heavy atom. The third-order valence-electron chi connectivity index (χ3n) is 2.65. The molecule has 0 unspecified atom stereocenters. The lowest BCUT2D eigenvalue weighted by Gasteiger charge is -2.27. The molecule has 0 fully saturated rings. The van der Waals surface area contributed by atoms with Crippen molar-refractivity contribution in [1.82, 2.24) is 4.90 Å². The van der Waals surface area contributed by atoms with E-state index in [0.717, 1.165) is 6.07 Å². The van der Waals surface area contributed by atoms with Gasteiger partial charge in [-0.05, 0) is 31.5 Å². The second-order valence-electron chi connectivity index (χ2n) is 4.54. The van der Waals surface area contributed by atoms with Crippen LogP contribution in [0.25, 0.3) is 0 Å². The molecule has 0 atom stereocenters. The van der Waals surface area contributed by atoms with E-state index >= 15 is 0 Å². The highest BCUT2D eigenvalue weighted by Gasteiger charge is 2.31. The van der Waals surface area contributed by atoms with Gasteiger partial charge in [0.15, 0.2) is 0 Å². The molecule has 1 aromatic carbocycles. The first-order chi connectivity index (χ1) is 8.73. The maximum Gasteiger partial charge on any atom is 0.401 e. The van der Waals surface area contributed by atoms with E-state index in [-0.39, 0.29) is 18.2 Å². The number of nitriles is 1. The Balaban J connectivity index is 2.89. The van der Waals surface area contributed by atoms with Crippen LogP contribution in [0.4, 0.5) is 17.6 Å². The standard InChI is InChI=1S/C13H14F4N2/c1-9(2)19(8-13(15,16)17)7-10-3-4-12(14)11(5-10)6-18/h3-5,9H,7-8H2,1-2H3. The van der Waals surface area contributed by atoms with Crippen molar-refractivity contribution in [3.05, 3.63) is 35.1 Å². The van der Waals surface area contributed by atoms with E-state index in [1.165, 1.54) is 17.0 Å². The first kappa shape index (κ1) is 15.4. The number of hydrogen-bond acceptors (Lipinski definition) is 2. The molecule has 0 N–H and O–H groups in total. The average Bonchev–Trinajstić information content (AvgIpc) is 2.28. The first-order valence-corrected chi connectivity index (χ1v) is 5.72. The topological polar surface area (TPSA) is 27.0 Å². The zero-order valence-corrected chi connectivity index (χ0v) is 10.6. The molecule has 104 valence electrons. The number of hydrogen-bond donors (Lipinski definition) is 0. The molecule has 6 heteroatoms. The molecule has 0 aliphatic carbocycles. The molecule has 0 radical (unpaired) electrons. The molecule has 0 aliphatic rings.